The third kappa shape index (κ3) is 5.17. The molecule has 5 rings (SSSR count). The fourth-order valence-corrected chi connectivity index (χ4v) is 5.30. The molecule has 38 heavy (non-hydrogen) atoms. The first-order chi connectivity index (χ1) is 18.0. The summed E-state index contributed by atoms with van der Waals surface area (Å²) in [4.78, 5) is 27.6. The third-order valence-corrected chi connectivity index (χ3v) is 7.03. The van der Waals surface area contributed by atoms with E-state index in [4.69, 9.17) is 4.74 Å². The van der Waals surface area contributed by atoms with Crippen LogP contribution in [0.2, 0.25) is 0 Å². The second kappa shape index (κ2) is 10.1. The molecule has 1 saturated carbocycles. The highest BCUT2D eigenvalue weighted by Gasteiger charge is 2.42. The van der Waals surface area contributed by atoms with E-state index in [1.807, 2.05) is 0 Å². The van der Waals surface area contributed by atoms with Gasteiger partial charge in [-0.05, 0) is 37.5 Å². The van der Waals surface area contributed by atoms with Crippen LogP contribution in [0.4, 0.5) is 23.4 Å². The summed E-state index contributed by atoms with van der Waals surface area (Å²) >= 11 is 0. The fraction of sp³-hybridized carbons (Fsp3) is 0.520. The number of likely N-dealkylation sites (tertiary alicyclic amines) is 1. The lowest BCUT2D eigenvalue weighted by Crippen LogP contribution is -2.46. The molecule has 3 N–H and O–H groups in total. The Morgan fingerprint density at radius 2 is 2.03 bits per heavy atom. The molecular weight excluding hydrogens is 510 g/mol. The molecule has 2 aliphatic heterocycles. The van der Waals surface area contributed by atoms with E-state index in [2.05, 4.69) is 20.3 Å². The van der Waals surface area contributed by atoms with Crippen LogP contribution in [-0.4, -0.2) is 73.8 Å². The Bertz CT molecular complexity index is 1260. The topological polar surface area (TPSA) is 120 Å². The summed E-state index contributed by atoms with van der Waals surface area (Å²) < 4.78 is 60.9. The molecule has 1 saturated heterocycles. The maximum absolute atomic E-state index is 14.7. The van der Waals surface area contributed by atoms with Gasteiger partial charge in [0.05, 0.1) is 48.6 Å². The fourth-order valence-electron chi connectivity index (χ4n) is 5.30. The van der Waals surface area contributed by atoms with Gasteiger partial charge in [0, 0.05) is 18.9 Å². The maximum Gasteiger partial charge on any atom is 0.394 e. The number of carbonyl (C=O) groups is 1. The van der Waals surface area contributed by atoms with Crippen molar-refractivity contribution in [3.05, 3.63) is 47.2 Å². The second-order valence-corrected chi connectivity index (χ2v) is 9.85. The first kappa shape index (κ1) is 26.3. The third-order valence-electron chi connectivity index (χ3n) is 7.03. The lowest BCUT2D eigenvalue weighted by atomic mass is 9.90. The van der Waals surface area contributed by atoms with Gasteiger partial charge in [0.2, 0.25) is 0 Å². The van der Waals surface area contributed by atoms with Crippen LogP contribution in [0.3, 0.4) is 0 Å². The van der Waals surface area contributed by atoms with Crippen molar-refractivity contribution in [1.82, 2.24) is 14.9 Å². The molecule has 2 fully saturated rings. The number of nitrogens with zero attached hydrogens (tertiary/aromatic N) is 4. The summed E-state index contributed by atoms with van der Waals surface area (Å²) in [6.45, 7) is 0.217. The minimum Gasteiger partial charge on any atom is -0.432 e. The van der Waals surface area contributed by atoms with Crippen molar-refractivity contribution >= 4 is 17.4 Å². The zero-order valence-electron chi connectivity index (χ0n) is 20.5. The molecule has 0 bridgehead atoms. The molecule has 1 aromatic heterocycles. The zero-order valence-corrected chi connectivity index (χ0v) is 20.5. The average Bonchev–Trinajstić information content (AvgIpc) is 3.46. The van der Waals surface area contributed by atoms with Crippen molar-refractivity contribution in [2.45, 2.75) is 75.7 Å². The van der Waals surface area contributed by atoms with E-state index in [9.17, 15) is 32.6 Å². The number of ether oxygens (including phenoxy) is 1. The summed E-state index contributed by atoms with van der Waals surface area (Å²) in [5.74, 6) is -1.58. The van der Waals surface area contributed by atoms with Crippen molar-refractivity contribution in [3.63, 3.8) is 0 Å². The molecule has 3 heterocycles. The van der Waals surface area contributed by atoms with Gasteiger partial charge in [-0.15, -0.1) is 0 Å². The standard InChI is InChI=1S/C25H27F4N5O4/c1-25(28,29)38-19-6-5-12(26)7-14(19)17-8-13(27)10-34(17)24(37)21-20-16(9-30-21)31-11-32-23(20)33-15-3-2-4-18(35)22(15)36/h5-7,11,13,15,17-18,22,35-36H,2-4,8-10H2,1H3,(H,31,32,33)/t13-,15+,17+,18+,22-/m0/s1. The average molecular weight is 538 g/mol. The van der Waals surface area contributed by atoms with Crippen LogP contribution in [0.5, 0.6) is 5.75 Å². The number of fused-ring (bicyclic) bond motifs is 1. The number of amides is 1. The predicted molar refractivity (Wildman–Crippen MR) is 127 cm³/mol. The molecule has 9 nitrogen and oxygen atoms in total. The number of carbonyl (C=O) groups excluding carboxylic acids is 1. The first-order valence-corrected chi connectivity index (χ1v) is 12.3. The SMILES string of the molecule is CC(F)(F)Oc1ccc(F)cc1[C@H]1C[C@H](F)CN1C(=O)C1=NCc2ncnc(N[C@@H]3CCC[C@@H](O)[C@H]3O)c21. The molecule has 204 valence electrons. The Balaban J connectivity index is 1.46. The number of hydrogen-bond acceptors (Lipinski definition) is 8. The number of alkyl halides is 3. The summed E-state index contributed by atoms with van der Waals surface area (Å²) in [6.07, 6.45) is -4.31. The number of aromatic nitrogens is 2. The largest absolute Gasteiger partial charge is 0.432 e. The summed E-state index contributed by atoms with van der Waals surface area (Å²) in [6, 6.07) is 1.31. The van der Waals surface area contributed by atoms with E-state index in [1.165, 1.54) is 6.33 Å². The number of aliphatic hydroxyl groups is 2. The number of nitrogens with one attached hydrogen (secondary N) is 1. The molecule has 13 heteroatoms. The van der Waals surface area contributed by atoms with Crippen LogP contribution in [-0.2, 0) is 11.3 Å². The molecule has 1 aromatic carbocycles. The highest BCUT2D eigenvalue weighted by atomic mass is 19.3. The number of aliphatic hydroxyl groups excluding tert-OH is 2. The van der Waals surface area contributed by atoms with E-state index >= 15 is 0 Å². The normalized spacial score (nSPS) is 27.2. The number of rotatable bonds is 6. The van der Waals surface area contributed by atoms with Gasteiger partial charge in [0.15, 0.2) is 0 Å². The quantitative estimate of drug-likeness (QED) is 0.485. The van der Waals surface area contributed by atoms with E-state index < -0.39 is 48.3 Å². The van der Waals surface area contributed by atoms with E-state index in [0.29, 0.717) is 31.9 Å². The number of aliphatic imine (C=N–C) groups is 1. The van der Waals surface area contributed by atoms with Gasteiger partial charge in [0.25, 0.3) is 5.91 Å². The lowest BCUT2D eigenvalue weighted by molar-refractivity contribution is -0.159. The number of benzene rings is 1. The maximum atomic E-state index is 14.7. The van der Waals surface area contributed by atoms with Crippen molar-refractivity contribution in [1.29, 1.82) is 0 Å². The zero-order chi connectivity index (χ0) is 27.2. The number of hydrogen-bond donors (Lipinski definition) is 3. The molecular formula is C25H27F4N5O4. The smallest absolute Gasteiger partial charge is 0.394 e. The van der Waals surface area contributed by atoms with Gasteiger partial charge in [-0.2, -0.15) is 8.78 Å². The summed E-state index contributed by atoms with van der Waals surface area (Å²) in [5, 5.41) is 23.6. The Hall–Kier alpha value is -3.32. The van der Waals surface area contributed by atoms with Crippen molar-refractivity contribution in [3.8, 4) is 5.75 Å². The van der Waals surface area contributed by atoms with Crippen LogP contribution in [0.1, 0.15) is 55.5 Å². The van der Waals surface area contributed by atoms with Crippen LogP contribution >= 0.6 is 0 Å². The monoisotopic (exact) mass is 537 g/mol. The number of anilines is 1. The Kier molecular flexibility index (Phi) is 6.99. The summed E-state index contributed by atoms with van der Waals surface area (Å²) in [7, 11) is 0. The highest BCUT2D eigenvalue weighted by Crippen LogP contribution is 2.41. The van der Waals surface area contributed by atoms with Crippen molar-refractivity contribution in [2.24, 2.45) is 4.99 Å². The van der Waals surface area contributed by atoms with Crippen LogP contribution < -0.4 is 10.1 Å². The van der Waals surface area contributed by atoms with Gasteiger partial charge < -0.3 is 25.2 Å². The van der Waals surface area contributed by atoms with Crippen molar-refractivity contribution in [2.75, 3.05) is 11.9 Å². The van der Waals surface area contributed by atoms with E-state index in [1.54, 1.807) is 0 Å². The van der Waals surface area contributed by atoms with Gasteiger partial charge in [-0.25, -0.2) is 18.7 Å². The van der Waals surface area contributed by atoms with Crippen LogP contribution in [0, 0.1) is 5.82 Å². The lowest BCUT2D eigenvalue weighted by Gasteiger charge is -2.33. The van der Waals surface area contributed by atoms with Gasteiger partial charge in [-0.3, -0.25) is 9.79 Å². The molecule has 0 spiro atoms. The van der Waals surface area contributed by atoms with Crippen LogP contribution in [0.15, 0.2) is 29.5 Å². The summed E-state index contributed by atoms with van der Waals surface area (Å²) in [5.41, 5.74) is 0.569. The van der Waals surface area contributed by atoms with Gasteiger partial charge in [-0.1, -0.05) is 0 Å². The molecule has 5 atom stereocenters. The van der Waals surface area contributed by atoms with Gasteiger partial charge >= 0.3 is 6.11 Å². The minimum atomic E-state index is -3.58. The Morgan fingerprint density at radius 3 is 2.79 bits per heavy atom. The van der Waals surface area contributed by atoms with Crippen molar-refractivity contribution < 1.29 is 37.3 Å². The molecule has 0 unspecified atom stereocenters. The Morgan fingerprint density at radius 1 is 1.24 bits per heavy atom. The molecule has 3 aliphatic rings. The van der Waals surface area contributed by atoms with Gasteiger partial charge in [0.1, 0.15) is 35.6 Å². The molecule has 2 aromatic rings. The van der Waals surface area contributed by atoms with E-state index in [0.717, 1.165) is 23.1 Å². The van der Waals surface area contributed by atoms with Crippen LogP contribution in [0.25, 0.3) is 0 Å². The Labute approximate surface area is 215 Å². The molecule has 1 amide bonds. The molecule has 1 aliphatic carbocycles. The van der Waals surface area contributed by atoms with E-state index in [-0.39, 0.29) is 47.9 Å². The number of halogens is 4. The minimum absolute atomic E-state index is 0.0530. The second-order valence-electron chi connectivity index (χ2n) is 9.85. The highest BCUT2D eigenvalue weighted by molar-refractivity contribution is 6.47. The predicted octanol–water partition coefficient (Wildman–Crippen LogP) is 2.91. The molecule has 0 radical (unpaired) electrons. The first-order valence-electron chi connectivity index (χ1n) is 12.3.